The average Bonchev–Trinajstić information content (AvgIpc) is 2.70. The Labute approximate surface area is 118 Å². The van der Waals surface area contributed by atoms with Crippen LogP contribution in [0.2, 0.25) is 0 Å². The van der Waals surface area contributed by atoms with E-state index in [1.165, 1.54) is 4.90 Å². The smallest absolute Gasteiger partial charge is 0.325 e. The molecule has 20 heavy (non-hydrogen) atoms. The summed E-state index contributed by atoms with van der Waals surface area (Å²) < 4.78 is 5.29. The molecule has 112 valence electrons. The first-order valence-electron chi connectivity index (χ1n) is 7.36. The van der Waals surface area contributed by atoms with Gasteiger partial charge in [-0.15, -0.1) is 0 Å². The van der Waals surface area contributed by atoms with Gasteiger partial charge in [0.1, 0.15) is 5.54 Å². The van der Waals surface area contributed by atoms with Crippen LogP contribution in [0.1, 0.15) is 12.8 Å². The van der Waals surface area contributed by atoms with Gasteiger partial charge in [-0.25, -0.2) is 4.79 Å². The molecule has 0 unspecified atom stereocenters. The Hall–Kier alpha value is -1.18. The molecule has 3 aliphatic rings. The summed E-state index contributed by atoms with van der Waals surface area (Å²) in [5, 5.41) is 6.17. The van der Waals surface area contributed by atoms with E-state index in [1.807, 2.05) is 0 Å². The van der Waals surface area contributed by atoms with Crippen LogP contribution in [0.25, 0.3) is 0 Å². The molecule has 0 aliphatic carbocycles. The van der Waals surface area contributed by atoms with Crippen molar-refractivity contribution in [1.29, 1.82) is 0 Å². The van der Waals surface area contributed by atoms with E-state index in [0.29, 0.717) is 32.6 Å². The van der Waals surface area contributed by atoms with Crippen LogP contribution in [-0.2, 0) is 9.53 Å². The van der Waals surface area contributed by atoms with Crippen LogP contribution < -0.4 is 10.6 Å². The van der Waals surface area contributed by atoms with Gasteiger partial charge < -0.3 is 15.4 Å². The van der Waals surface area contributed by atoms with Crippen molar-refractivity contribution >= 4 is 11.9 Å². The number of nitrogens with zero attached hydrogens (tertiary/aromatic N) is 2. The fourth-order valence-corrected chi connectivity index (χ4v) is 3.11. The van der Waals surface area contributed by atoms with E-state index in [0.717, 1.165) is 32.7 Å². The maximum Gasteiger partial charge on any atom is 0.325 e. The summed E-state index contributed by atoms with van der Waals surface area (Å²) in [6, 6.07) is -0.243. The minimum Gasteiger partial charge on any atom is -0.381 e. The molecule has 0 aromatic carbocycles. The van der Waals surface area contributed by atoms with Crippen molar-refractivity contribution in [3.63, 3.8) is 0 Å². The van der Waals surface area contributed by atoms with Gasteiger partial charge in [0.25, 0.3) is 5.91 Å². The van der Waals surface area contributed by atoms with E-state index < -0.39 is 5.54 Å². The molecule has 0 aromatic heterocycles. The lowest BCUT2D eigenvalue weighted by molar-refractivity contribution is -0.134. The van der Waals surface area contributed by atoms with Crippen molar-refractivity contribution in [3.05, 3.63) is 0 Å². The van der Waals surface area contributed by atoms with Crippen molar-refractivity contribution in [2.45, 2.75) is 18.4 Å². The Morgan fingerprint density at radius 2 is 1.80 bits per heavy atom. The van der Waals surface area contributed by atoms with Crippen LogP contribution in [0.15, 0.2) is 0 Å². The largest absolute Gasteiger partial charge is 0.381 e. The molecule has 3 fully saturated rings. The molecule has 0 atom stereocenters. The van der Waals surface area contributed by atoms with Gasteiger partial charge in [-0.3, -0.25) is 14.6 Å². The monoisotopic (exact) mass is 282 g/mol. The van der Waals surface area contributed by atoms with E-state index in [-0.39, 0.29) is 11.9 Å². The number of rotatable bonds is 3. The fraction of sp³-hybridized carbons (Fsp3) is 0.846. The Balaban J connectivity index is 1.58. The number of nitrogens with one attached hydrogen (secondary N) is 2. The summed E-state index contributed by atoms with van der Waals surface area (Å²) in [6.45, 7) is 6.21. The third kappa shape index (κ3) is 2.53. The summed E-state index contributed by atoms with van der Waals surface area (Å²) in [5.74, 6) is -0.0686. The molecule has 3 rings (SSSR count). The number of urea groups is 1. The number of carbonyl (C=O) groups is 2. The van der Waals surface area contributed by atoms with Gasteiger partial charge in [0.05, 0.1) is 0 Å². The second-order valence-electron chi connectivity index (χ2n) is 5.67. The number of hydrogen-bond donors (Lipinski definition) is 2. The molecular formula is C13H22N4O3. The average molecular weight is 282 g/mol. The summed E-state index contributed by atoms with van der Waals surface area (Å²) in [5.41, 5.74) is -0.696. The van der Waals surface area contributed by atoms with Gasteiger partial charge in [-0.05, 0) is 0 Å². The van der Waals surface area contributed by atoms with Crippen LogP contribution >= 0.6 is 0 Å². The lowest BCUT2D eigenvalue weighted by atomic mass is 9.90. The molecule has 2 N–H and O–H groups in total. The minimum absolute atomic E-state index is 0.0686. The van der Waals surface area contributed by atoms with Gasteiger partial charge in [0, 0.05) is 65.3 Å². The van der Waals surface area contributed by atoms with Crippen LogP contribution in [0.5, 0.6) is 0 Å². The molecule has 7 heteroatoms. The first kappa shape index (κ1) is 13.8. The van der Waals surface area contributed by atoms with Gasteiger partial charge >= 0.3 is 6.03 Å². The third-order valence-corrected chi connectivity index (χ3v) is 4.44. The highest BCUT2D eigenvalue weighted by atomic mass is 16.5. The Kier molecular flexibility index (Phi) is 3.91. The van der Waals surface area contributed by atoms with Crippen molar-refractivity contribution in [1.82, 2.24) is 20.4 Å². The quantitative estimate of drug-likeness (QED) is 0.649. The Bertz CT molecular complexity index is 389. The zero-order valence-corrected chi connectivity index (χ0v) is 11.7. The molecule has 3 amide bonds. The second kappa shape index (κ2) is 5.67. The molecule has 7 nitrogen and oxygen atoms in total. The summed E-state index contributed by atoms with van der Waals surface area (Å²) >= 11 is 0. The highest BCUT2D eigenvalue weighted by Gasteiger charge is 2.51. The number of amides is 3. The molecular weight excluding hydrogens is 260 g/mol. The molecule has 3 saturated heterocycles. The van der Waals surface area contributed by atoms with Crippen molar-refractivity contribution in [3.8, 4) is 0 Å². The van der Waals surface area contributed by atoms with E-state index in [9.17, 15) is 9.59 Å². The Morgan fingerprint density at radius 3 is 2.50 bits per heavy atom. The highest BCUT2D eigenvalue weighted by Crippen LogP contribution is 2.28. The third-order valence-electron chi connectivity index (χ3n) is 4.44. The number of imide groups is 1. The summed E-state index contributed by atoms with van der Waals surface area (Å²) in [7, 11) is 0. The SMILES string of the molecule is O=C1NC2(CCOCC2)C(=O)N1CCN1CCNCC1. The predicted octanol–water partition coefficient (Wildman–Crippen LogP) is -1.01. The van der Waals surface area contributed by atoms with E-state index in [4.69, 9.17) is 4.74 Å². The van der Waals surface area contributed by atoms with Gasteiger partial charge in [-0.2, -0.15) is 0 Å². The topological polar surface area (TPSA) is 73.9 Å². The summed E-state index contributed by atoms with van der Waals surface area (Å²) in [4.78, 5) is 28.2. The highest BCUT2D eigenvalue weighted by molar-refractivity contribution is 6.07. The zero-order valence-electron chi connectivity index (χ0n) is 11.7. The Morgan fingerprint density at radius 1 is 1.10 bits per heavy atom. The summed E-state index contributed by atoms with van der Waals surface area (Å²) in [6.07, 6.45) is 1.17. The van der Waals surface area contributed by atoms with Crippen LogP contribution in [0, 0.1) is 0 Å². The molecule has 3 heterocycles. The van der Waals surface area contributed by atoms with Crippen molar-refractivity contribution in [2.75, 3.05) is 52.5 Å². The first-order chi connectivity index (χ1) is 9.71. The maximum absolute atomic E-state index is 12.5. The second-order valence-corrected chi connectivity index (χ2v) is 5.67. The van der Waals surface area contributed by atoms with E-state index in [2.05, 4.69) is 15.5 Å². The lowest BCUT2D eigenvalue weighted by Gasteiger charge is -2.31. The van der Waals surface area contributed by atoms with Crippen molar-refractivity contribution in [2.24, 2.45) is 0 Å². The number of piperazine rings is 1. The van der Waals surface area contributed by atoms with Crippen LogP contribution in [0.3, 0.4) is 0 Å². The maximum atomic E-state index is 12.5. The van der Waals surface area contributed by atoms with Gasteiger partial charge in [-0.1, -0.05) is 0 Å². The lowest BCUT2D eigenvalue weighted by Crippen LogP contribution is -2.51. The standard InChI is InChI=1S/C13H22N4O3/c18-11-13(1-9-20-10-2-13)15-12(19)17(11)8-7-16-5-3-14-4-6-16/h14H,1-10H2,(H,15,19). The molecule has 0 saturated carbocycles. The van der Waals surface area contributed by atoms with E-state index >= 15 is 0 Å². The molecule has 0 aromatic rings. The molecule has 0 radical (unpaired) electrons. The fourth-order valence-electron chi connectivity index (χ4n) is 3.11. The molecule has 1 spiro atoms. The van der Waals surface area contributed by atoms with Crippen LogP contribution in [-0.4, -0.2) is 79.8 Å². The van der Waals surface area contributed by atoms with E-state index in [1.54, 1.807) is 0 Å². The normalized spacial score (nSPS) is 27.1. The molecule has 3 aliphatic heterocycles. The van der Waals surface area contributed by atoms with Crippen molar-refractivity contribution < 1.29 is 14.3 Å². The van der Waals surface area contributed by atoms with Gasteiger partial charge in [0.2, 0.25) is 0 Å². The predicted molar refractivity (Wildman–Crippen MR) is 72.3 cm³/mol. The minimum atomic E-state index is -0.696. The van der Waals surface area contributed by atoms with Gasteiger partial charge in [0.15, 0.2) is 0 Å². The first-order valence-corrected chi connectivity index (χ1v) is 7.36. The zero-order chi connectivity index (χ0) is 14.0. The van der Waals surface area contributed by atoms with Crippen LogP contribution in [0.4, 0.5) is 4.79 Å². The number of hydrogen-bond acceptors (Lipinski definition) is 5. The number of ether oxygens (including phenoxy) is 1. The molecule has 0 bridgehead atoms. The number of carbonyl (C=O) groups excluding carboxylic acids is 2.